The standard InChI is InChI=1S/C17H17NO2/c1-18-16(13-8-10-14(20-2)11-9-13)15(17(18)19)12-6-4-3-5-7-12/h3-11,15-16H,1-2H3. The first-order chi connectivity index (χ1) is 9.72. The van der Waals surface area contributed by atoms with E-state index in [2.05, 4.69) is 0 Å². The minimum absolute atomic E-state index is 0.0744. The second-order valence-corrected chi connectivity index (χ2v) is 5.06. The second kappa shape index (κ2) is 5.00. The second-order valence-electron chi connectivity index (χ2n) is 5.06. The molecule has 2 aromatic rings. The normalized spacial score (nSPS) is 21.5. The molecular formula is C17H17NO2. The molecule has 1 fully saturated rings. The molecule has 2 aromatic carbocycles. The van der Waals surface area contributed by atoms with Gasteiger partial charge in [-0.15, -0.1) is 0 Å². The fourth-order valence-electron chi connectivity index (χ4n) is 2.84. The van der Waals surface area contributed by atoms with Crippen molar-refractivity contribution in [1.82, 2.24) is 4.90 Å². The van der Waals surface area contributed by atoms with Crippen LogP contribution in [0.5, 0.6) is 5.75 Å². The van der Waals surface area contributed by atoms with Gasteiger partial charge in [-0.1, -0.05) is 42.5 Å². The van der Waals surface area contributed by atoms with E-state index in [4.69, 9.17) is 4.74 Å². The minimum Gasteiger partial charge on any atom is -0.497 e. The number of carbonyl (C=O) groups excluding carboxylic acids is 1. The van der Waals surface area contributed by atoms with E-state index in [0.29, 0.717) is 0 Å². The van der Waals surface area contributed by atoms with Gasteiger partial charge >= 0.3 is 0 Å². The molecule has 3 nitrogen and oxygen atoms in total. The predicted octanol–water partition coefficient (Wildman–Crippen LogP) is 2.99. The van der Waals surface area contributed by atoms with Crippen LogP contribution in [0, 0.1) is 0 Å². The zero-order valence-electron chi connectivity index (χ0n) is 11.6. The molecule has 1 amide bonds. The average molecular weight is 267 g/mol. The third-order valence-electron chi connectivity index (χ3n) is 3.96. The van der Waals surface area contributed by atoms with Crippen molar-refractivity contribution in [3.63, 3.8) is 0 Å². The number of methoxy groups -OCH3 is 1. The molecule has 0 bridgehead atoms. The highest BCUT2D eigenvalue weighted by Gasteiger charge is 2.46. The topological polar surface area (TPSA) is 29.5 Å². The number of nitrogens with zero attached hydrogens (tertiary/aromatic N) is 1. The molecule has 1 heterocycles. The van der Waals surface area contributed by atoms with Gasteiger partial charge in [-0.3, -0.25) is 4.79 Å². The van der Waals surface area contributed by atoms with Crippen LogP contribution in [0.2, 0.25) is 0 Å². The van der Waals surface area contributed by atoms with Crippen LogP contribution >= 0.6 is 0 Å². The molecule has 1 saturated heterocycles. The average Bonchev–Trinajstić information content (AvgIpc) is 2.52. The first-order valence-corrected chi connectivity index (χ1v) is 6.68. The third-order valence-corrected chi connectivity index (χ3v) is 3.96. The maximum Gasteiger partial charge on any atom is 0.232 e. The lowest BCUT2D eigenvalue weighted by Crippen LogP contribution is -2.50. The van der Waals surface area contributed by atoms with E-state index >= 15 is 0 Å². The number of hydrogen-bond acceptors (Lipinski definition) is 2. The van der Waals surface area contributed by atoms with Crippen LogP contribution in [-0.4, -0.2) is 25.0 Å². The van der Waals surface area contributed by atoms with Gasteiger partial charge < -0.3 is 9.64 Å². The number of hydrogen-bond donors (Lipinski definition) is 0. The summed E-state index contributed by atoms with van der Waals surface area (Å²) in [5, 5.41) is 0. The van der Waals surface area contributed by atoms with Gasteiger partial charge in [-0.25, -0.2) is 0 Å². The molecule has 0 aromatic heterocycles. The van der Waals surface area contributed by atoms with Crippen LogP contribution < -0.4 is 4.74 Å². The predicted molar refractivity (Wildman–Crippen MR) is 77.7 cm³/mol. The lowest BCUT2D eigenvalue weighted by atomic mass is 9.78. The number of carbonyl (C=O) groups is 1. The quantitative estimate of drug-likeness (QED) is 0.800. The van der Waals surface area contributed by atoms with Gasteiger partial charge in [0.25, 0.3) is 0 Å². The first-order valence-electron chi connectivity index (χ1n) is 6.68. The number of likely N-dealkylation sites (tertiary alicyclic amines) is 1. The molecule has 2 atom stereocenters. The van der Waals surface area contributed by atoms with Crippen LogP contribution in [-0.2, 0) is 4.79 Å². The van der Waals surface area contributed by atoms with Crippen molar-refractivity contribution >= 4 is 5.91 Å². The van der Waals surface area contributed by atoms with Crippen LogP contribution in [0.1, 0.15) is 23.1 Å². The van der Waals surface area contributed by atoms with Gasteiger partial charge in [-0.2, -0.15) is 0 Å². The van der Waals surface area contributed by atoms with E-state index in [1.807, 2.05) is 61.6 Å². The molecular weight excluding hydrogens is 250 g/mol. The number of benzene rings is 2. The molecule has 0 radical (unpaired) electrons. The van der Waals surface area contributed by atoms with Crippen LogP contribution in [0.15, 0.2) is 54.6 Å². The van der Waals surface area contributed by atoms with Gasteiger partial charge in [-0.05, 0) is 23.3 Å². The molecule has 0 N–H and O–H groups in total. The number of ether oxygens (including phenoxy) is 1. The number of β-lactam (4-membered cyclic amide) rings is 1. The number of amides is 1. The van der Waals surface area contributed by atoms with Crippen molar-refractivity contribution < 1.29 is 9.53 Å². The largest absolute Gasteiger partial charge is 0.497 e. The van der Waals surface area contributed by atoms with Crippen molar-refractivity contribution in [3.05, 3.63) is 65.7 Å². The highest BCUT2D eigenvalue weighted by Crippen LogP contribution is 2.45. The monoisotopic (exact) mass is 267 g/mol. The highest BCUT2D eigenvalue weighted by molar-refractivity contribution is 5.91. The summed E-state index contributed by atoms with van der Waals surface area (Å²) in [4.78, 5) is 14.0. The molecule has 3 heteroatoms. The van der Waals surface area contributed by atoms with Gasteiger partial charge in [0.05, 0.1) is 19.1 Å². The van der Waals surface area contributed by atoms with Gasteiger partial charge in [0.15, 0.2) is 0 Å². The zero-order valence-corrected chi connectivity index (χ0v) is 11.6. The van der Waals surface area contributed by atoms with E-state index in [9.17, 15) is 4.79 Å². The maximum atomic E-state index is 12.2. The Labute approximate surface area is 118 Å². The molecule has 3 rings (SSSR count). The summed E-state index contributed by atoms with van der Waals surface area (Å²) in [6.07, 6.45) is 0. The van der Waals surface area contributed by atoms with Crippen LogP contribution in [0.3, 0.4) is 0 Å². The Hall–Kier alpha value is -2.29. The Morgan fingerprint density at radius 3 is 2.20 bits per heavy atom. The Bertz CT molecular complexity index is 607. The smallest absolute Gasteiger partial charge is 0.232 e. The van der Waals surface area contributed by atoms with Gasteiger partial charge in [0, 0.05) is 7.05 Å². The summed E-state index contributed by atoms with van der Waals surface area (Å²) in [7, 11) is 3.51. The minimum atomic E-state index is -0.0744. The molecule has 2 unspecified atom stereocenters. The van der Waals surface area contributed by atoms with Crippen molar-refractivity contribution in [2.45, 2.75) is 12.0 Å². The Kier molecular flexibility index (Phi) is 3.18. The Morgan fingerprint density at radius 2 is 1.60 bits per heavy atom. The number of rotatable bonds is 3. The fourth-order valence-corrected chi connectivity index (χ4v) is 2.84. The molecule has 1 aliphatic heterocycles. The Morgan fingerprint density at radius 1 is 0.950 bits per heavy atom. The number of likely N-dealkylation sites (N-methyl/N-ethyl adjacent to an activating group) is 1. The summed E-state index contributed by atoms with van der Waals surface area (Å²) >= 11 is 0. The van der Waals surface area contributed by atoms with E-state index < -0.39 is 0 Å². The van der Waals surface area contributed by atoms with E-state index in [0.717, 1.165) is 16.9 Å². The zero-order chi connectivity index (χ0) is 14.1. The fraction of sp³-hybridized carbons (Fsp3) is 0.235. The molecule has 20 heavy (non-hydrogen) atoms. The Balaban J connectivity index is 1.92. The van der Waals surface area contributed by atoms with Crippen molar-refractivity contribution in [1.29, 1.82) is 0 Å². The van der Waals surface area contributed by atoms with Crippen molar-refractivity contribution in [2.24, 2.45) is 0 Å². The molecule has 1 aliphatic rings. The molecule has 0 saturated carbocycles. The lowest BCUT2D eigenvalue weighted by Gasteiger charge is -2.45. The van der Waals surface area contributed by atoms with E-state index in [1.54, 1.807) is 12.0 Å². The molecule has 0 aliphatic carbocycles. The van der Waals surface area contributed by atoms with Gasteiger partial charge in [0.2, 0.25) is 5.91 Å². The third kappa shape index (κ3) is 1.95. The van der Waals surface area contributed by atoms with E-state index in [-0.39, 0.29) is 17.9 Å². The summed E-state index contributed by atoms with van der Waals surface area (Å²) in [5.41, 5.74) is 2.22. The summed E-state index contributed by atoms with van der Waals surface area (Å²) in [6, 6.07) is 18.0. The van der Waals surface area contributed by atoms with Crippen LogP contribution in [0.4, 0.5) is 0 Å². The highest BCUT2D eigenvalue weighted by atomic mass is 16.5. The van der Waals surface area contributed by atoms with Crippen molar-refractivity contribution in [3.8, 4) is 5.75 Å². The first kappa shape index (κ1) is 12.7. The summed E-state index contributed by atoms with van der Waals surface area (Å²) in [6.45, 7) is 0. The summed E-state index contributed by atoms with van der Waals surface area (Å²) < 4.78 is 5.18. The summed E-state index contributed by atoms with van der Waals surface area (Å²) in [5.74, 6) is 0.935. The lowest BCUT2D eigenvalue weighted by molar-refractivity contribution is -0.147. The van der Waals surface area contributed by atoms with E-state index in [1.165, 1.54) is 0 Å². The molecule has 102 valence electrons. The molecule has 0 spiro atoms. The maximum absolute atomic E-state index is 12.2. The van der Waals surface area contributed by atoms with Crippen molar-refractivity contribution in [2.75, 3.05) is 14.2 Å². The SMILES string of the molecule is COc1ccc(C2C(c3ccccc3)C(=O)N2C)cc1. The van der Waals surface area contributed by atoms with Gasteiger partial charge in [0.1, 0.15) is 5.75 Å². The van der Waals surface area contributed by atoms with Crippen LogP contribution in [0.25, 0.3) is 0 Å².